The van der Waals surface area contributed by atoms with Gasteiger partial charge in [-0.05, 0) is 24.3 Å². The van der Waals surface area contributed by atoms with Crippen LogP contribution in [0.1, 0.15) is 41.4 Å². The van der Waals surface area contributed by atoms with E-state index in [9.17, 15) is 39.6 Å². The summed E-state index contributed by atoms with van der Waals surface area (Å²) in [5, 5.41) is 42.6. The van der Waals surface area contributed by atoms with E-state index in [2.05, 4.69) is 19.9 Å². The summed E-state index contributed by atoms with van der Waals surface area (Å²) in [6.45, 7) is 0. The van der Waals surface area contributed by atoms with E-state index in [-0.39, 0.29) is 75.1 Å². The molecule has 4 aromatic heterocycles. The molecule has 4 aromatic rings. The Hall–Kier alpha value is -3.67. The van der Waals surface area contributed by atoms with E-state index in [1.54, 1.807) is 0 Å². The molecule has 0 aliphatic carbocycles. The average Bonchev–Trinajstić information content (AvgIpc) is 2.89. The maximum atomic E-state index is 11.0. The van der Waals surface area contributed by atoms with Crippen molar-refractivity contribution in [1.82, 2.24) is 19.9 Å². The molecule has 4 heterocycles. The summed E-state index contributed by atoms with van der Waals surface area (Å²) in [6, 6.07) is 4.78. The second kappa shape index (κ2) is 14.3. The van der Waals surface area contributed by atoms with E-state index in [4.69, 9.17) is 46.4 Å². The SMILES string of the molecule is O=C([O-])c1ccnc(-c2ncc(Cl)c(C(=O)[O-])c2Cl)c1.O=C([O-])c1ccnc(-c2ncc(Cl)c(C(=O)[O-])c2Cl)c1.[Pt+4]. The van der Waals surface area contributed by atoms with E-state index < -0.39 is 35.0 Å². The Balaban J connectivity index is 0.000000280. The molecule has 0 aliphatic heterocycles. The van der Waals surface area contributed by atoms with Crippen molar-refractivity contribution in [1.29, 1.82) is 0 Å². The smallest absolute Gasteiger partial charge is 0.545 e. The van der Waals surface area contributed by atoms with Crippen LogP contribution in [0.3, 0.4) is 0 Å². The second-order valence-corrected chi connectivity index (χ2v) is 8.87. The monoisotopic (exact) mass is 815 g/mol. The Bertz CT molecular complexity index is 1570. The average molecular weight is 817 g/mol. The van der Waals surface area contributed by atoms with Crippen LogP contribution in [0.15, 0.2) is 49.1 Å². The third kappa shape index (κ3) is 7.75. The molecule has 0 spiro atoms. The van der Waals surface area contributed by atoms with Crippen molar-refractivity contribution < 1.29 is 60.7 Å². The maximum absolute atomic E-state index is 11.0. The first-order valence-corrected chi connectivity index (χ1v) is 11.8. The van der Waals surface area contributed by atoms with Crippen molar-refractivity contribution in [3.8, 4) is 22.8 Å². The summed E-state index contributed by atoms with van der Waals surface area (Å²) in [7, 11) is 0. The second-order valence-electron chi connectivity index (χ2n) is 7.30. The molecule has 4 rings (SSSR count). The van der Waals surface area contributed by atoms with E-state index in [0.717, 1.165) is 24.5 Å². The van der Waals surface area contributed by atoms with Crippen LogP contribution >= 0.6 is 46.4 Å². The molecule has 0 aliphatic rings. The number of carboxylic acids is 4. The van der Waals surface area contributed by atoms with Crippen LogP contribution in [-0.4, -0.2) is 43.8 Å². The molecule has 0 amide bonds. The quantitative estimate of drug-likeness (QED) is 0.258. The summed E-state index contributed by atoms with van der Waals surface area (Å²) >= 11 is 23.2. The molecule has 41 heavy (non-hydrogen) atoms. The fraction of sp³-hybridized carbons (Fsp3) is 0. The van der Waals surface area contributed by atoms with Gasteiger partial charge in [-0.25, -0.2) is 0 Å². The van der Waals surface area contributed by atoms with Gasteiger partial charge in [0.25, 0.3) is 0 Å². The number of hydrogen-bond acceptors (Lipinski definition) is 12. The van der Waals surface area contributed by atoms with E-state index in [1.807, 2.05) is 0 Å². The fourth-order valence-corrected chi connectivity index (χ4v) is 4.22. The fourth-order valence-electron chi connectivity index (χ4n) is 3.04. The van der Waals surface area contributed by atoms with Gasteiger partial charge in [-0.2, -0.15) is 0 Å². The Morgan fingerprint density at radius 1 is 0.561 bits per heavy atom. The van der Waals surface area contributed by atoms with Crippen molar-refractivity contribution in [3.63, 3.8) is 0 Å². The van der Waals surface area contributed by atoms with Gasteiger partial charge in [0.05, 0.1) is 55.4 Å². The Morgan fingerprint density at radius 2 is 0.902 bits per heavy atom. The molecular weight excluding hydrogens is 809 g/mol. The Labute approximate surface area is 263 Å². The van der Waals surface area contributed by atoms with Crippen molar-refractivity contribution in [2.45, 2.75) is 0 Å². The predicted molar refractivity (Wildman–Crippen MR) is 132 cm³/mol. The number of carboxylic acid groups (broad SMARTS) is 4. The molecule has 0 saturated carbocycles. The summed E-state index contributed by atoms with van der Waals surface area (Å²) in [4.78, 5) is 59.0. The first-order valence-electron chi connectivity index (χ1n) is 10.3. The van der Waals surface area contributed by atoms with Gasteiger partial charge in [-0.3, -0.25) is 19.9 Å². The van der Waals surface area contributed by atoms with Gasteiger partial charge in [0.1, 0.15) is 11.4 Å². The van der Waals surface area contributed by atoms with Gasteiger partial charge in [0.2, 0.25) is 0 Å². The Kier molecular flexibility index (Phi) is 11.7. The number of hydrogen-bond donors (Lipinski definition) is 0. The molecule has 12 nitrogen and oxygen atoms in total. The number of aromatic nitrogens is 4. The van der Waals surface area contributed by atoms with Gasteiger partial charge >= 0.3 is 21.1 Å². The molecule has 0 N–H and O–H groups in total. The van der Waals surface area contributed by atoms with Crippen LogP contribution in [0.5, 0.6) is 0 Å². The summed E-state index contributed by atoms with van der Waals surface area (Å²) < 4.78 is 0. The number of carbonyl (C=O) groups is 4. The van der Waals surface area contributed by atoms with Gasteiger partial charge in [-0.15, -0.1) is 0 Å². The number of nitrogens with zero attached hydrogens (tertiary/aromatic N) is 4. The van der Waals surface area contributed by atoms with Crippen LogP contribution < -0.4 is 20.4 Å². The molecule has 0 fully saturated rings. The van der Waals surface area contributed by atoms with Crippen LogP contribution in [-0.2, 0) is 21.1 Å². The third-order valence-corrected chi connectivity index (χ3v) is 6.14. The van der Waals surface area contributed by atoms with Crippen LogP contribution in [0.4, 0.5) is 0 Å². The van der Waals surface area contributed by atoms with Crippen LogP contribution in [0.25, 0.3) is 22.8 Å². The number of carbonyl (C=O) groups excluding carboxylic acids is 4. The maximum Gasteiger partial charge on any atom is 4.00 e. The van der Waals surface area contributed by atoms with Gasteiger partial charge < -0.3 is 39.6 Å². The van der Waals surface area contributed by atoms with E-state index >= 15 is 0 Å². The van der Waals surface area contributed by atoms with Crippen molar-refractivity contribution in [2.24, 2.45) is 0 Å². The molecule has 210 valence electrons. The standard InChI is InChI=1S/2C12H6Cl2N2O4.Pt/c2*13-6-4-16-10(9(14)8(6)12(19)20)7-3-5(11(17)18)1-2-15-7;/h2*1-4H,(H,17,18)(H,19,20);/q;;+4/p-4. The molecule has 0 aromatic carbocycles. The first-order chi connectivity index (χ1) is 18.8. The topological polar surface area (TPSA) is 212 Å². The number of aromatic carboxylic acids is 4. The zero-order valence-electron chi connectivity index (χ0n) is 19.5. The molecule has 17 heteroatoms. The van der Waals surface area contributed by atoms with Crippen molar-refractivity contribution in [3.05, 3.63) is 91.4 Å². The minimum atomic E-state index is -1.57. The Morgan fingerprint density at radius 3 is 1.20 bits per heavy atom. The minimum absolute atomic E-state index is 0. The minimum Gasteiger partial charge on any atom is -0.545 e. The zero-order chi connectivity index (χ0) is 29.7. The first kappa shape index (κ1) is 33.5. The summed E-state index contributed by atoms with van der Waals surface area (Å²) in [5.41, 5.74) is -1.02. The van der Waals surface area contributed by atoms with Crippen molar-refractivity contribution in [2.75, 3.05) is 0 Å². The normalized spacial score (nSPS) is 10.0. The van der Waals surface area contributed by atoms with Crippen LogP contribution in [0.2, 0.25) is 20.1 Å². The largest absolute Gasteiger partial charge is 4.00 e. The number of halogens is 4. The molecule has 0 radical (unpaired) electrons. The molecule has 0 unspecified atom stereocenters. The summed E-state index contributed by atoms with van der Waals surface area (Å²) in [5.74, 6) is -5.95. The summed E-state index contributed by atoms with van der Waals surface area (Å²) in [6.07, 6.45) is 4.57. The predicted octanol–water partition coefficient (Wildman–Crippen LogP) is 0.352. The van der Waals surface area contributed by atoms with Crippen molar-refractivity contribution >= 4 is 70.3 Å². The van der Waals surface area contributed by atoms with E-state index in [1.165, 1.54) is 24.5 Å². The third-order valence-electron chi connectivity index (χ3n) is 4.83. The number of pyridine rings is 4. The van der Waals surface area contributed by atoms with Gasteiger partial charge in [0.15, 0.2) is 0 Å². The number of rotatable bonds is 6. The molecule has 0 saturated heterocycles. The van der Waals surface area contributed by atoms with Gasteiger partial charge in [-0.1, -0.05) is 46.4 Å². The van der Waals surface area contributed by atoms with Crippen LogP contribution in [0, 0.1) is 0 Å². The molecule has 0 atom stereocenters. The molecular formula is C24H8Cl4N4O8Pt. The van der Waals surface area contributed by atoms with E-state index in [0.29, 0.717) is 0 Å². The van der Waals surface area contributed by atoms with Gasteiger partial charge in [0, 0.05) is 47.0 Å². The zero-order valence-corrected chi connectivity index (χ0v) is 24.8. The molecule has 0 bridgehead atoms.